The molecule has 0 aromatic heterocycles. The lowest BCUT2D eigenvalue weighted by Gasteiger charge is -2.07. The number of hydrogen-bond acceptors (Lipinski definition) is 3. The Morgan fingerprint density at radius 2 is 1.74 bits per heavy atom. The summed E-state index contributed by atoms with van der Waals surface area (Å²) < 4.78 is 0. The summed E-state index contributed by atoms with van der Waals surface area (Å²) in [6.45, 7) is 1.38. The molecule has 2 N–H and O–H groups in total. The summed E-state index contributed by atoms with van der Waals surface area (Å²) in [5, 5.41) is 12.3. The number of anilines is 1. The number of nitrogens with one attached hydrogen (secondary N) is 1. The normalized spacial score (nSPS) is 9.95. The number of aromatic hydroxyl groups is 1. The highest BCUT2D eigenvalue weighted by Crippen LogP contribution is 2.24. The van der Waals surface area contributed by atoms with Crippen LogP contribution in [0.2, 0.25) is 0 Å². The summed E-state index contributed by atoms with van der Waals surface area (Å²) >= 11 is 0. The molecule has 2 aromatic rings. The van der Waals surface area contributed by atoms with Crippen molar-refractivity contribution in [3.63, 3.8) is 0 Å². The molecular formula is C15H13NO3. The van der Waals surface area contributed by atoms with Gasteiger partial charge in [-0.2, -0.15) is 0 Å². The monoisotopic (exact) mass is 255 g/mol. The van der Waals surface area contributed by atoms with Crippen molar-refractivity contribution >= 4 is 17.4 Å². The maximum atomic E-state index is 12.2. The zero-order valence-corrected chi connectivity index (χ0v) is 10.4. The Labute approximate surface area is 110 Å². The fourth-order valence-corrected chi connectivity index (χ4v) is 1.74. The predicted molar refractivity (Wildman–Crippen MR) is 72.3 cm³/mol. The fraction of sp³-hybridized carbons (Fsp3) is 0.0667. The van der Waals surface area contributed by atoms with Gasteiger partial charge >= 0.3 is 0 Å². The molecule has 0 atom stereocenters. The molecular weight excluding hydrogens is 242 g/mol. The first-order valence-corrected chi connectivity index (χ1v) is 5.78. The number of rotatable bonds is 3. The Morgan fingerprint density at radius 1 is 1.05 bits per heavy atom. The molecule has 0 aliphatic rings. The van der Waals surface area contributed by atoms with E-state index in [1.807, 2.05) is 6.07 Å². The van der Waals surface area contributed by atoms with E-state index in [1.165, 1.54) is 19.1 Å². The summed E-state index contributed by atoms with van der Waals surface area (Å²) in [6.07, 6.45) is 0. The second-order valence-electron chi connectivity index (χ2n) is 4.11. The van der Waals surface area contributed by atoms with Gasteiger partial charge in [0.2, 0.25) is 5.91 Å². The van der Waals surface area contributed by atoms with E-state index in [9.17, 15) is 14.7 Å². The quantitative estimate of drug-likeness (QED) is 0.654. The molecule has 0 heterocycles. The molecule has 96 valence electrons. The van der Waals surface area contributed by atoms with E-state index < -0.39 is 0 Å². The van der Waals surface area contributed by atoms with Crippen molar-refractivity contribution < 1.29 is 14.7 Å². The van der Waals surface area contributed by atoms with Crippen molar-refractivity contribution in [1.29, 1.82) is 0 Å². The van der Waals surface area contributed by atoms with Gasteiger partial charge in [-0.05, 0) is 18.2 Å². The fourth-order valence-electron chi connectivity index (χ4n) is 1.74. The van der Waals surface area contributed by atoms with Crippen LogP contribution in [0.1, 0.15) is 22.8 Å². The minimum Gasteiger partial charge on any atom is -0.507 e. The Bertz CT molecular complexity index is 621. The van der Waals surface area contributed by atoms with Gasteiger partial charge in [0.25, 0.3) is 0 Å². The van der Waals surface area contributed by atoms with E-state index in [0.29, 0.717) is 11.3 Å². The first kappa shape index (κ1) is 12.8. The molecule has 0 radical (unpaired) electrons. The van der Waals surface area contributed by atoms with Crippen LogP contribution in [0.5, 0.6) is 5.75 Å². The van der Waals surface area contributed by atoms with Crippen molar-refractivity contribution in [2.24, 2.45) is 0 Å². The first-order chi connectivity index (χ1) is 9.08. The van der Waals surface area contributed by atoms with Gasteiger partial charge in [-0.15, -0.1) is 0 Å². The zero-order chi connectivity index (χ0) is 13.8. The molecule has 0 aliphatic carbocycles. The summed E-state index contributed by atoms with van der Waals surface area (Å²) in [5.74, 6) is -0.628. The first-order valence-electron chi connectivity index (χ1n) is 5.78. The van der Waals surface area contributed by atoms with Crippen molar-refractivity contribution in [2.45, 2.75) is 6.92 Å². The number of amides is 1. The Balaban J connectivity index is 2.38. The summed E-state index contributed by atoms with van der Waals surface area (Å²) in [4.78, 5) is 23.2. The Kier molecular flexibility index (Phi) is 3.61. The SMILES string of the molecule is CC(=O)Nc1ccc(O)c(C(=O)c2ccccc2)c1. The second-order valence-corrected chi connectivity index (χ2v) is 4.11. The van der Waals surface area contributed by atoms with Crippen LogP contribution in [0, 0.1) is 0 Å². The molecule has 0 spiro atoms. The van der Waals surface area contributed by atoms with Gasteiger partial charge in [0.1, 0.15) is 5.75 Å². The van der Waals surface area contributed by atoms with E-state index >= 15 is 0 Å². The Hall–Kier alpha value is -2.62. The van der Waals surface area contributed by atoms with Crippen LogP contribution >= 0.6 is 0 Å². The van der Waals surface area contributed by atoms with Crippen molar-refractivity contribution in [3.05, 3.63) is 59.7 Å². The predicted octanol–water partition coefficient (Wildman–Crippen LogP) is 2.58. The van der Waals surface area contributed by atoms with Crippen LogP contribution in [0.4, 0.5) is 5.69 Å². The van der Waals surface area contributed by atoms with Gasteiger partial charge in [-0.25, -0.2) is 0 Å². The number of phenols is 1. The highest BCUT2D eigenvalue weighted by molar-refractivity contribution is 6.11. The van der Waals surface area contributed by atoms with Crippen LogP contribution in [0.25, 0.3) is 0 Å². The van der Waals surface area contributed by atoms with Gasteiger partial charge in [-0.3, -0.25) is 9.59 Å². The molecule has 0 saturated heterocycles. The lowest BCUT2D eigenvalue weighted by Crippen LogP contribution is -2.07. The number of benzene rings is 2. The molecule has 2 rings (SSSR count). The largest absolute Gasteiger partial charge is 0.507 e. The molecule has 0 unspecified atom stereocenters. The third kappa shape index (κ3) is 2.98. The van der Waals surface area contributed by atoms with Crippen LogP contribution in [-0.2, 0) is 4.79 Å². The van der Waals surface area contributed by atoms with E-state index in [2.05, 4.69) is 5.32 Å². The second kappa shape index (κ2) is 5.35. The minimum absolute atomic E-state index is 0.108. The van der Waals surface area contributed by atoms with Crippen LogP contribution < -0.4 is 5.32 Å². The molecule has 2 aromatic carbocycles. The average Bonchev–Trinajstić information content (AvgIpc) is 2.40. The topological polar surface area (TPSA) is 66.4 Å². The zero-order valence-electron chi connectivity index (χ0n) is 10.4. The Morgan fingerprint density at radius 3 is 2.37 bits per heavy atom. The lowest BCUT2D eigenvalue weighted by atomic mass is 10.0. The number of phenolic OH excluding ortho intramolecular Hbond substituents is 1. The summed E-state index contributed by atoms with van der Waals surface area (Å²) in [6, 6.07) is 13.1. The molecule has 1 amide bonds. The number of hydrogen-bond donors (Lipinski definition) is 2. The van der Waals surface area contributed by atoms with Crippen molar-refractivity contribution in [2.75, 3.05) is 5.32 Å². The van der Waals surface area contributed by atoms with E-state index in [-0.39, 0.29) is 23.0 Å². The van der Waals surface area contributed by atoms with Gasteiger partial charge in [0, 0.05) is 18.2 Å². The van der Waals surface area contributed by atoms with Gasteiger partial charge in [0.15, 0.2) is 5.78 Å². The van der Waals surface area contributed by atoms with Gasteiger partial charge in [-0.1, -0.05) is 30.3 Å². The van der Waals surface area contributed by atoms with Gasteiger partial charge < -0.3 is 10.4 Å². The molecule has 4 nitrogen and oxygen atoms in total. The van der Waals surface area contributed by atoms with Crippen LogP contribution in [0.3, 0.4) is 0 Å². The lowest BCUT2D eigenvalue weighted by molar-refractivity contribution is -0.114. The van der Waals surface area contributed by atoms with Gasteiger partial charge in [0.05, 0.1) is 5.56 Å². The maximum Gasteiger partial charge on any atom is 0.221 e. The summed E-state index contributed by atoms with van der Waals surface area (Å²) in [7, 11) is 0. The molecule has 0 bridgehead atoms. The highest BCUT2D eigenvalue weighted by Gasteiger charge is 2.14. The van der Waals surface area contributed by atoms with Crippen molar-refractivity contribution in [1.82, 2.24) is 0 Å². The minimum atomic E-state index is -0.287. The molecule has 0 aliphatic heterocycles. The van der Waals surface area contributed by atoms with Crippen molar-refractivity contribution in [3.8, 4) is 5.75 Å². The maximum absolute atomic E-state index is 12.2. The number of carbonyl (C=O) groups excluding carboxylic acids is 2. The molecule has 0 fully saturated rings. The smallest absolute Gasteiger partial charge is 0.221 e. The average molecular weight is 255 g/mol. The third-order valence-corrected chi connectivity index (χ3v) is 2.60. The highest BCUT2D eigenvalue weighted by atomic mass is 16.3. The van der Waals surface area contributed by atoms with E-state index in [0.717, 1.165) is 0 Å². The van der Waals surface area contributed by atoms with E-state index in [1.54, 1.807) is 30.3 Å². The summed E-state index contributed by atoms with van der Waals surface area (Å²) in [5.41, 5.74) is 1.12. The number of carbonyl (C=O) groups is 2. The van der Waals surface area contributed by atoms with E-state index in [4.69, 9.17) is 0 Å². The third-order valence-electron chi connectivity index (χ3n) is 2.60. The molecule has 19 heavy (non-hydrogen) atoms. The standard InChI is InChI=1S/C15H13NO3/c1-10(17)16-12-7-8-14(18)13(9-12)15(19)11-5-3-2-4-6-11/h2-9,18H,1H3,(H,16,17). The molecule has 4 heteroatoms. The van der Waals surface area contributed by atoms with Crippen LogP contribution in [-0.4, -0.2) is 16.8 Å². The van der Waals surface area contributed by atoms with Crippen LogP contribution in [0.15, 0.2) is 48.5 Å². The molecule has 0 saturated carbocycles. The number of ketones is 1.